The molecule has 0 spiro atoms. The quantitative estimate of drug-likeness (QED) is 0.925. The van der Waals surface area contributed by atoms with Gasteiger partial charge >= 0.3 is 6.03 Å². The Labute approximate surface area is 144 Å². The summed E-state index contributed by atoms with van der Waals surface area (Å²) in [6.45, 7) is 7.13. The van der Waals surface area contributed by atoms with E-state index in [2.05, 4.69) is 36.5 Å². The number of hydrogen-bond donors (Lipinski definition) is 1. The minimum atomic E-state index is 0.000242. The van der Waals surface area contributed by atoms with E-state index < -0.39 is 0 Å². The summed E-state index contributed by atoms with van der Waals surface area (Å²) in [4.78, 5) is 27.7. The standard InChI is InChI=1S/C19H27N3O2/c1-15-6-3-4-7-17(15)19(8-9-19)14-20-18(24)22-11-5-10-21(12-13-22)16(2)23/h3-4,6-7H,5,8-14H2,1-2H3,(H,20,24). The molecular weight excluding hydrogens is 302 g/mol. The molecule has 5 nitrogen and oxygen atoms in total. The van der Waals surface area contributed by atoms with Crippen LogP contribution in [-0.2, 0) is 10.2 Å². The van der Waals surface area contributed by atoms with E-state index in [0.717, 1.165) is 25.8 Å². The van der Waals surface area contributed by atoms with Gasteiger partial charge in [-0.3, -0.25) is 4.79 Å². The molecular formula is C19H27N3O2. The molecule has 1 heterocycles. The monoisotopic (exact) mass is 329 g/mol. The summed E-state index contributed by atoms with van der Waals surface area (Å²) in [5.74, 6) is 0.0914. The zero-order chi connectivity index (χ0) is 17.2. The number of urea groups is 1. The first kappa shape index (κ1) is 16.8. The Morgan fingerprint density at radius 3 is 2.42 bits per heavy atom. The van der Waals surface area contributed by atoms with Gasteiger partial charge in [0.05, 0.1) is 0 Å². The Morgan fingerprint density at radius 2 is 1.75 bits per heavy atom. The van der Waals surface area contributed by atoms with Gasteiger partial charge in [0, 0.05) is 45.1 Å². The molecule has 3 rings (SSSR count). The van der Waals surface area contributed by atoms with Crippen LogP contribution in [-0.4, -0.2) is 54.5 Å². The maximum atomic E-state index is 12.5. The molecule has 1 N–H and O–H groups in total. The first-order valence-electron chi connectivity index (χ1n) is 8.86. The molecule has 0 atom stereocenters. The highest BCUT2D eigenvalue weighted by Gasteiger charge is 2.45. The first-order chi connectivity index (χ1) is 11.5. The van der Waals surface area contributed by atoms with Gasteiger partial charge in [0.15, 0.2) is 0 Å². The fourth-order valence-corrected chi connectivity index (χ4v) is 3.65. The van der Waals surface area contributed by atoms with Crippen LogP contribution in [0.15, 0.2) is 24.3 Å². The number of hydrogen-bond acceptors (Lipinski definition) is 2. The average molecular weight is 329 g/mol. The topological polar surface area (TPSA) is 52.7 Å². The fraction of sp³-hybridized carbons (Fsp3) is 0.579. The van der Waals surface area contributed by atoms with Crippen molar-refractivity contribution in [1.29, 1.82) is 0 Å². The van der Waals surface area contributed by atoms with Crippen LogP contribution in [0.3, 0.4) is 0 Å². The number of benzene rings is 1. The second-order valence-electron chi connectivity index (χ2n) is 7.10. The minimum Gasteiger partial charge on any atom is -0.341 e. The van der Waals surface area contributed by atoms with Gasteiger partial charge in [0.1, 0.15) is 0 Å². The molecule has 24 heavy (non-hydrogen) atoms. The summed E-state index contributed by atoms with van der Waals surface area (Å²) >= 11 is 0. The highest BCUT2D eigenvalue weighted by molar-refractivity contribution is 5.75. The van der Waals surface area contributed by atoms with E-state index in [1.165, 1.54) is 11.1 Å². The normalized spacial score (nSPS) is 19.6. The summed E-state index contributed by atoms with van der Waals surface area (Å²) in [6.07, 6.45) is 3.11. The van der Waals surface area contributed by atoms with Gasteiger partial charge < -0.3 is 15.1 Å². The molecule has 0 radical (unpaired) electrons. The van der Waals surface area contributed by atoms with E-state index in [1.54, 1.807) is 6.92 Å². The number of amides is 3. The van der Waals surface area contributed by atoms with Crippen molar-refractivity contribution in [2.24, 2.45) is 0 Å². The Bertz CT molecular complexity index is 625. The zero-order valence-electron chi connectivity index (χ0n) is 14.7. The number of carbonyl (C=O) groups is 2. The van der Waals surface area contributed by atoms with Gasteiger partial charge in [0.25, 0.3) is 0 Å². The maximum Gasteiger partial charge on any atom is 0.317 e. The van der Waals surface area contributed by atoms with Crippen molar-refractivity contribution in [2.75, 3.05) is 32.7 Å². The molecule has 0 unspecified atom stereocenters. The second kappa shape index (κ2) is 6.83. The third-order valence-electron chi connectivity index (χ3n) is 5.38. The van der Waals surface area contributed by atoms with Gasteiger partial charge in [-0.2, -0.15) is 0 Å². The molecule has 5 heteroatoms. The molecule has 2 aliphatic rings. The van der Waals surface area contributed by atoms with Gasteiger partial charge in [-0.25, -0.2) is 4.79 Å². The Balaban J connectivity index is 1.56. The zero-order valence-corrected chi connectivity index (χ0v) is 14.7. The van der Waals surface area contributed by atoms with Crippen LogP contribution >= 0.6 is 0 Å². The molecule has 1 aromatic rings. The fourth-order valence-electron chi connectivity index (χ4n) is 3.65. The number of nitrogens with zero attached hydrogens (tertiary/aromatic N) is 2. The van der Waals surface area contributed by atoms with Crippen molar-refractivity contribution in [1.82, 2.24) is 15.1 Å². The van der Waals surface area contributed by atoms with Crippen LogP contribution in [0.5, 0.6) is 0 Å². The molecule has 1 aromatic carbocycles. The number of rotatable bonds is 3. The van der Waals surface area contributed by atoms with Crippen molar-refractivity contribution in [2.45, 2.75) is 38.5 Å². The third kappa shape index (κ3) is 3.55. The summed E-state index contributed by atoms with van der Waals surface area (Å²) < 4.78 is 0. The average Bonchev–Trinajstić information content (AvgIpc) is 3.37. The maximum absolute atomic E-state index is 12.5. The number of carbonyl (C=O) groups excluding carboxylic acids is 2. The van der Waals surface area contributed by atoms with E-state index in [1.807, 2.05) is 9.80 Å². The predicted molar refractivity (Wildman–Crippen MR) is 93.9 cm³/mol. The minimum absolute atomic E-state index is 0.000242. The lowest BCUT2D eigenvalue weighted by Crippen LogP contribution is -2.44. The van der Waals surface area contributed by atoms with E-state index >= 15 is 0 Å². The lowest BCUT2D eigenvalue weighted by Gasteiger charge is -2.24. The van der Waals surface area contributed by atoms with Gasteiger partial charge in [0.2, 0.25) is 5.91 Å². The van der Waals surface area contributed by atoms with Crippen LogP contribution < -0.4 is 5.32 Å². The Hall–Kier alpha value is -2.04. The molecule has 1 aliphatic carbocycles. The van der Waals surface area contributed by atoms with Crippen molar-refractivity contribution in [3.63, 3.8) is 0 Å². The van der Waals surface area contributed by atoms with Gasteiger partial charge in [-0.15, -0.1) is 0 Å². The molecule has 130 valence electrons. The third-order valence-corrected chi connectivity index (χ3v) is 5.38. The molecule has 1 saturated carbocycles. The van der Waals surface area contributed by atoms with Crippen LogP contribution in [0.2, 0.25) is 0 Å². The largest absolute Gasteiger partial charge is 0.341 e. The summed E-state index contributed by atoms with van der Waals surface area (Å²) in [6, 6.07) is 8.47. The Kier molecular flexibility index (Phi) is 4.78. The summed E-state index contributed by atoms with van der Waals surface area (Å²) in [5.41, 5.74) is 2.79. The number of nitrogens with one attached hydrogen (secondary N) is 1. The molecule has 0 aromatic heterocycles. The smallest absolute Gasteiger partial charge is 0.317 e. The summed E-state index contributed by atoms with van der Waals surface area (Å²) in [5, 5.41) is 3.14. The molecule has 0 bridgehead atoms. The highest BCUT2D eigenvalue weighted by atomic mass is 16.2. The van der Waals surface area contributed by atoms with Crippen molar-refractivity contribution in [3.05, 3.63) is 35.4 Å². The second-order valence-corrected chi connectivity index (χ2v) is 7.10. The van der Waals surface area contributed by atoms with Crippen LogP contribution in [0.25, 0.3) is 0 Å². The predicted octanol–water partition coefficient (Wildman–Crippen LogP) is 2.29. The van der Waals surface area contributed by atoms with Crippen LogP contribution in [0.1, 0.15) is 37.3 Å². The van der Waals surface area contributed by atoms with Gasteiger partial charge in [-0.05, 0) is 37.3 Å². The SMILES string of the molecule is CC(=O)N1CCCN(C(=O)NCC2(c3ccccc3C)CC2)CC1. The van der Waals surface area contributed by atoms with Crippen LogP contribution in [0, 0.1) is 6.92 Å². The van der Waals surface area contributed by atoms with Crippen molar-refractivity contribution < 1.29 is 9.59 Å². The lowest BCUT2D eigenvalue weighted by atomic mass is 9.92. The number of aryl methyl sites for hydroxylation is 1. The first-order valence-corrected chi connectivity index (χ1v) is 8.86. The van der Waals surface area contributed by atoms with E-state index in [4.69, 9.17) is 0 Å². The van der Waals surface area contributed by atoms with E-state index in [9.17, 15) is 9.59 Å². The lowest BCUT2D eigenvalue weighted by molar-refractivity contribution is -0.128. The van der Waals surface area contributed by atoms with E-state index in [-0.39, 0.29) is 17.4 Å². The van der Waals surface area contributed by atoms with Crippen molar-refractivity contribution >= 4 is 11.9 Å². The van der Waals surface area contributed by atoms with Crippen LogP contribution in [0.4, 0.5) is 4.79 Å². The summed E-state index contributed by atoms with van der Waals surface area (Å²) in [7, 11) is 0. The molecule has 1 aliphatic heterocycles. The Morgan fingerprint density at radius 1 is 1.08 bits per heavy atom. The molecule has 1 saturated heterocycles. The van der Waals surface area contributed by atoms with Crippen molar-refractivity contribution in [3.8, 4) is 0 Å². The molecule has 3 amide bonds. The molecule has 2 fully saturated rings. The van der Waals surface area contributed by atoms with E-state index in [0.29, 0.717) is 26.2 Å². The highest BCUT2D eigenvalue weighted by Crippen LogP contribution is 2.48. The van der Waals surface area contributed by atoms with Gasteiger partial charge in [-0.1, -0.05) is 24.3 Å².